The van der Waals surface area contributed by atoms with Crippen LogP contribution in [0.2, 0.25) is 0 Å². The van der Waals surface area contributed by atoms with Crippen molar-refractivity contribution in [3.8, 4) is 0 Å². The van der Waals surface area contributed by atoms with E-state index >= 15 is 0 Å². The topological polar surface area (TPSA) is 54.5 Å². The molecule has 112 valence electrons. The summed E-state index contributed by atoms with van der Waals surface area (Å²) in [4.78, 5) is 18.7. The van der Waals surface area contributed by atoms with Crippen molar-refractivity contribution in [1.82, 2.24) is 15.2 Å². The van der Waals surface area contributed by atoms with Crippen molar-refractivity contribution >= 4 is 17.2 Å². The van der Waals surface area contributed by atoms with Gasteiger partial charge in [0.25, 0.3) is 5.91 Å². The summed E-state index contributed by atoms with van der Waals surface area (Å²) in [5.41, 5.74) is 0.551. The first-order chi connectivity index (χ1) is 9.79. The van der Waals surface area contributed by atoms with Crippen LogP contribution in [0.1, 0.15) is 41.7 Å². The number of unbranched alkanes of at least 4 members (excludes halogenated alkanes) is 2. The van der Waals surface area contributed by atoms with Crippen LogP contribution in [-0.2, 0) is 11.3 Å². The minimum atomic E-state index is -0.0504. The Morgan fingerprint density at radius 1 is 1.45 bits per heavy atom. The minimum absolute atomic E-state index is 0.0504. The van der Waals surface area contributed by atoms with E-state index < -0.39 is 0 Å². The normalized spacial score (nSPS) is 16.2. The van der Waals surface area contributed by atoms with E-state index in [1.165, 1.54) is 0 Å². The van der Waals surface area contributed by atoms with Crippen LogP contribution in [0.4, 0.5) is 0 Å². The van der Waals surface area contributed by atoms with Crippen molar-refractivity contribution in [2.24, 2.45) is 0 Å². The van der Waals surface area contributed by atoms with Gasteiger partial charge >= 0.3 is 0 Å². The maximum Gasteiger partial charge on any atom is 0.270 e. The highest BCUT2D eigenvalue weighted by Crippen LogP contribution is 2.13. The fourth-order valence-electron chi connectivity index (χ4n) is 2.11. The number of rotatable bonds is 7. The van der Waals surface area contributed by atoms with E-state index in [4.69, 9.17) is 4.74 Å². The highest BCUT2D eigenvalue weighted by molar-refractivity contribution is 7.09. The number of hydrogen-bond acceptors (Lipinski definition) is 5. The molecule has 6 heteroatoms. The first kappa shape index (κ1) is 15.4. The Balaban J connectivity index is 1.77. The summed E-state index contributed by atoms with van der Waals surface area (Å²) < 4.78 is 5.32. The van der Waals surface area contributed by atoms with Crippen LogP contribution < -0.4 is 5.32 Å². The Bertz CT molecular complexity index is 416. The minimum Gasteiger partial charge on any atom is -0.379 e. The fraction of sp³-hybridized carbons (Fsp3) is 0.714. The number of carbonyl (C=O) groups is 1. The molecule has 2 heterocycles. The van der Waals surface area contributed by atoms with Gasteiger partial charge in [-0.1, -0.05) is 19.8 Å². The van der Waals surface area contributed by atoms with E-state index in [1.807, 2.05) is 5.38 Å². The molecule has 1 aliphatic rings. The van der Waals surface area contributed by atoms with E-state index in [0.717, 1.165) is 63.7 Å². The highest BCUT2D eigenvalue weighted by Gasteiger charge is 2.15. The highest BCUT2D eigenvalue weighted by atomic mass is 32.1. The molecule has 0 aliphatic carbocycles. The lowest BCUT2D eigenvalue weighted by Crippen LogP contribution is -2.35. The van der Waals surface area contributed by atoms with Crippen molar-refractivity contribution in [1.29, 1.82) is 0 Å². The van der Waals surface area contributed by atoms with Crippen LogP contribution in [0, 0.1) is 0 Å². The average molecular weight is 297 g/mol. The number of carbonyl (C=O) groups excluding carboxylic acids is 1. The molecular formula is C14H23N3O2S. The maximum absolute atomic E-state index is 11.9. The summed E-state index contributed by atoms with van der Waals surface area (Å²) in [5.74, 6) is -0.0504. The molecule has 1 N–H and O–H groups in total. The Kier molecular flexibility index (Phi) is 6.42. The molecular weight excluding hydrogens is 274 g/mol. The third kappa shape index (κ3) is 4.85. The standard InChI is InChI=1S/C14H23N3O2S/c1-2-3-4-5-15-14(18)12-11-20-13(16-12)10-17-6-8-19-9-7-17/h11H,2-10H2,1H3,(H,15,18). The largest absolute Gasteiger partial charge is 0.379 e. The zero-order valence-electron chi connectivity index (χ0n) is 12.1. The van der Waals surface area contributed by atoms with Gasteiger partial charge in [0.15, 0.2) is 0 Å². The molecule has 1 aromatic rings. The van der Waals surface area contributed by atoms with Gasteiger partial charge in [-0.2, -0.15) is 0 Å². The third-order valence-electron chi connectivity index (χ3n) is 3.31. The third-order valence-corrected chi connectivity index (χ3v) is 4.15. The van der Waals surface area contributed by atoms with Gasteiger partial charge in [-0.15, -0.1) is 11.3 Å². The smallest absolute Gasteiger partial charge is 0.270 e. The number of ether oxygens (including phenoxy) is 1. The zero-order valence-corrected chi connectivity index (χ0v) is 12.9. The Morgan fingerprint density at radius 2 is 2.25 bits per heavy atom. The van der Waals surface area contributed by atoms with Crippen LogP contribution >= 0.6 is 11.3 Å². The van der Waals surface area contributed by atoms with Gasteiger partial charge in [-0.25, -0.2) is 4.98 Å². The monoisotopic (exact) mass is 297 g/mol. The summed E-state index contributed by atoms with van der Waals surface area (Å²) in [6.45, 7) is 7.17. The van der Waals surface area contributed by atoms with Crippen LogP contribution in [0.5, 0.6) is 0 Å². The van der Waals surface area contributed by atoms with Gasteiger partial charge in [-0.3, -0.25) is 9.69 Å². The van der Waals surface area contributed by atoms with Crippen LogP contribution in [0.25, 0.3) is 0 Å². The molecule has 0 saturated carbocycles. The van der Waals surface area contributed by atoms with Gasteiger partial charge in [0, 0.05) is 25.0 Å². The summed E-state index contributed by atoms with van der Waals surface area (Å²) >= 11 is 1.56. The number of amides is 1. The molecule has 1 aliphatic heterocycles. The number of morpholine rings is 1. The predicted molar refractivity (Wildman–Crippen MR) is 80.1 cm³/mol. The second kappa shape index (κ2) is 8.34. The molecule has 0 atom stereocenters. The molecule has 1 aromatic heterocycles. The quantitative estimate of drug-likeness (QED) is 0.781. The molecule has 1 fully saturated rings. The summed E-state index contributed by atoms with van der Waals surface area (Å²) in [5, 5.41) is 5.78. The molecule has 1 saturated heterocycles. The number of aromatic nitrogens is 1. The molecule has 5 nitrogen and oxygen atoms in total. The first-order valence-corrected chi connectivity index (χ1v) is 8.20. The van der Waals surface area contributed by atoms with Crippen molar-refractivity contribution < 1.29 is 9.53 Å². The van der Waals surface area contributed by atoms with Crippen molar-refractivity contribution in [3.05, 3.63) is 16.1 Å². The summed E-state index contributed by atoms with van der Waals surface area (Å²) in [7, 11) is 0. The maximum atomic E-state index is 11.9. The van der Waals surface area contributed by atoms with Crippen molar-refractivity contribution in [2.75, 3.05) is 32.8 Å². The number of thiazole rings is 1. The van der Waals surface area contributed by atoms with Gasteiger partial charge in [0.05, 0.1) is 19.8 Å². The van der Waals surface area contributed by atoms with Crippen LogP contribution in [0.15, 0.2) is 5.38 Å². The lowest BCUT2D eigenvalue weighted by molar-refractivity contribution is 0.0341. The number of nitrogens with one attached hydrogen (secondary N) is 1. The van der Waals surface area contributed by atoms with E-state index in [0.29, 0.717) is 5.69 Å². The van der Waals surface area contributed by atoms with E-state index in [1.54, 1.807) is 11.3 Å². The predicted octanol–water partition coefficient (Wildman–Crippen LogP) is 1.90. The Hall–Kier alpha value is -0.980. The molecule has 0 aromatic carbocycles. The van der Waals surface area contributed by atoms with Gasteiger partial charge in [0.2, 0.25) is 0 Å². The second-order valence-electron chi connectivity index (χ2n) is 4.98. The van der Waals surface area contributed by atoms with Crippen molar-refractivity contribution in [2.45, 2.75) is 32.7 Å². The molecule has 0 unspecified atom stereocenters. The van der Waals surface area contributed by atoms with Gasteiger partial charge in [0.1, 0.15) is 10.7 Å². The van der Waals surface area contributed by atoms with E-state index in [9.17, 15) is 4.79 Å². The lowest BCUT2D eigenvalue weighted by atomic mass is 10.2. The molecule has 2 rings (SSSR count). The fourth-order valence-corrected chi connectivity index (χ4v) is 2.92. The molecule has 0 radical (unpaired) electrons. The van der Waals surface area contributed by atoms with E-state index in [-0.39, 0.29) is 5.91 Å². The summed E-state index contributed by atoms with van der Waals surface area (Å²) in [6.07, 6.45) is 3.35. The van der Waals surface area contributed by atoms with Crippen LogP contribution in [-0.4, -0.2) is 48.6 Å². The number of hydrogen-bond donors (Lipinski definition) is 1. The zero-order chi connectivity index (χ0) is 14.2. The first-order valence-electron chi connectivity index (χ1n) is 7.32. The Labute approximate surface area is 124 Å². The second-order valence-corrected chi connectivity index (χ2v) is 5.92. The van der Waals surface area contributed by atoms with E-state index in [2.05, 4.69) is 22.1 Å². The average Bonchev–Trinajstić information content (AvgIpc) is 2.93. The van der Waals surface area contributed by atoms with Crippen LogP contribution in [0.3, 0.4) is 0 Å². The van der Waals surface area contributed by atoms with Crippen molar-refractivity contribution in [3.63, 3.8) is 0 Å². The molecule has 0 bridgehead atoms. The Morgan fingerprint density at radius 3 is 3.00 bits per heavy atom. The summed E-state index contributed by atoms with van der Waals surface area (Å²) in [6, 6.07) is 0. The van der Waals surface area contributed by atoms with Gasteiger partial charge in [-0.05, 0) is 6.42 Å². The lowest BCUT2D eigenvalue weighted by Gasteiger charge is -2.25. The molecule has 1 amide bonds. The molecule has 0 spiro atoms. The number of nitrogens with zero attached hydrogens (tertiary/aromatic N) is 2. The molecule has 20 heavy (non-hydrogen) atoms. The van der Waals surface area contributed by atoms with Gasteiger partial charge < -0.3 is 10.1 Å². The SMILES string of the molecule is CCCCCNC(=O)c1csc(CN2CCOCC2)n1.